The van der Waals surface area contributed by atoms with Gasteiger partial charge in [-0.05, 0) is 63.8 Å². The summed E-state index contributed by atoms with van der Waals surface area (Å²) >= 11 is 0. The van der Waals surface area contributed by atoms with Crippen molar-refractivity contribution < 1.29 is 13.9 Å². The van der Waals surface area contributed by atoms with Crippen LogP contribution >= 0.6 is 0 Å². The van der Waals surface area contributed by atoms with Gasteiger partial charge in [-0.25, -0.2) is 9.18 Å². The Labute approximate surface area is 131 Å². The van der Waals surface area contributed by atoms with Gasteiger partial charge in [0.05, 0.1) is 0 Å². The van der Waals surface area contributed by atoms with Crippen LogP contribution in [0.3, 0.4) is 0 Å². The third-order valence-electron chi connectivity index (χ3n) is 3.74. The van der Waals surface area contributed by atoms with Crippen LogP contribution in [0.1, 0.15) is 44.7 Å². The highest BCUT2D eigenvalue weighted by Gasteiger charge is 2.31. The zero-order valence-corrected chi connectivity index (χ0v) is 13.7. The molecule has 1 aliphatic carbocycles. The van der Waals surface area contributed by atoms with Crippen LogP contribution in [0.15, 0.2) is 18.2 Å². The molecular formula is C17H25FN2O2. The molecular weight excluding hydrogens is 283 g/mol. The normalized spacial score (nSPS) is 21.1. The molecule has 5 heteroatoms. The molecule has 4 nitrogen and oxygen atoms in total. The highest BCUT2D eigenvalue weighted by molar-refractivity contribution is 5.68. The van der Waals surface area contributed by atoms with Crippen LogP contribution in [-0.4, -0.2) is 23.8 Å². The van der Waals surface area contributed by atoms with E-state index in [-0.39, 0.29) is 18.0 Å². The molecule has 1 saturated carbocycles. The van der Waals surface area contributed by atoms with Crippen molar-refractivity contribution in [3.05, 3.63) is 35.1 Å². The lowest BCUT2D eigenvalue weighted by atomic mass is 9.86. The Balaban J connectivity index is 1.68. The van der Waals surface area contributed by atoms with Crippen molar-refractivity contribution in [1.82, 2.24) is 10.6 Å². The smallest absolute Gasteiger partial charge is 0.407 e. The van der Waals surface area contributed by atoms with E-state index in [1.807, 2.05) is 33.8 Å². The zero-order chi connectivity index (χ0) is 16.3. The van der Waals surface area contributed by atoms with Gasteiger partial charge in [-0.2, -0.15) is 0 Å². The highest BCUT2D eigenvalue weighted by atomic mass is 19.1. The number of carbonyl (C=O) groups is 1. The quantitative estimate of drug-likeness (QED) is 0.897. The van der Waals surface area contributed by atoms with E-state index in [4.69, 9.17) is 4.74 Å². The summed E-state index contributed by atoms with van der Waals surface area (Å²) in [7, 11) is 0. The van der Waals surface area contributed by atoms with Gasteiger partial charge in [0.1, 0.15) is 11.4 Å². The number of amides is 1. The summed E-state index contributed by atoms with van der Waals surface area (Å²) in [6, 6.07) is 5.39. The zero-order valence-electron chi connectivity index (χ0n) is 13.7. The fourth-order valence-corrected chi connectivity index (χ4v) is 2.49. The number of aryl methyl sites for hydroxylation is 1. The lowest BCUT2D eigenvalue weighted by Crippen LogP contribution is -2.53. The molecule has 0 aliphatic heterocycles. The molecule has 1 fully saturated rings. The third-order valence-corrected chi connectivity index (χ3v) is 3.74. The molecule has 0 aromatic heterocycles. The van der Waals surface area contributed by atoms with Gasteiger partial charge < -0.3 is 15.4 Å². The van der Waals surface area contributed by atoms with Crippen LogP contribution in [0.25, 0.3) is 0 Å². The van der Waals surface area contributed by atoms with Crippen molar-refractivity contribution in [2.45, 2.75) is 64.8 Å². The second-order valence-electron chi connectivity index (χ2n) is 6.96. The Bertz CT molecular complexity index is 534. The summed E-state index contributed by atoms with van der Waals surface area (Å²) < 4.78 is 18.3. The Morgan fingerprint density at radius 2 is 2.00 bits per heavy atom. The van der Waals surface area contributed by atoms with Crippen LogP contribution in [0.4, 0.5) is 9.18 Å². The fraction of sp³-hybridized carbons (Fsp3) is 0.588. The van der Waals surface area contributed by atoms with Crippen molar-refractivity contribution in [2.24, 2.45) is 0 Å². The molecule has 0 radical (unpaired) electrons. The maximum Gasteiger partial charge on any atom is 0.407 e. The van der Waals surface area contributed by atoms with Crippen LogP contribution in [-0.2, 0) is 11.3 Å². The Morgan fingerprint density at radius 3 is 2.59 bits per heavy atom. The SMILES string of the molecule is Cc1cc(F)ccc1CNC1CC(NC(=O)OC(C)(C)C)C1. The first kappa shape index (κ1) is 16.7. The second-order valence-corrected chi connectivity index (χ2v) is 6.96. The molecule has 1 aromatic carbocycles. The van der Waals surface area contributed by atoms with Gasteiger partial charge >= 0.3 is 6.09 Å². The van der Waals surface area contributed by atoms with E-state index in [9.17, 15) is 9.18 Å². The minimum Gasteiger partial charge on any atom is -0.444 e. The molecule has 0 saturated heterocycles. The predicted octanol–water partition coefficient (Wildman–Crippen LogP) is 3.28. The van der Waals surface area contributed by atoms with Gasteiger partial charge in [-0.3, -0.25) is 0 Å². The number of carbonyl (C=O) groups excluding carboxylic acids is 1. The van der Waals surface area contributed by atoms with Gasteiger partial charge in [0.2, 0.25) is 0 Å². The highest BCUT2D eigenvalue weighted by Crippen LogP contribution is 2.21. The summed E-state index contributed by atoms with van der Waals surface area (Å²) in [6.45, 7) is 8.18. The molecule has 2 rings (SSSR count). The van der Waals surface area contributed by atoms with Crippen molar-refractivity contribution in [3.8, 4) is 0 Å². The predicted molar refractivity (Wildman–Crippen MR) is 84.2 cm³/mol. The van der Waals surface area contributed by atoms with Crippen molar-refractivity contribution in [2.75, 3.05) is 0 Å². The van der Waals surface area contributed by atoms with Gasteiger partial charge in [-0.15, -0.1) is 0 Å². The summed E-state index contributed by atoms with van der Waals surface area (Å²) in [4.78, 5) is 11.6. The fourth-order valence-electron chi connectivity index (χ4n) is 2.49. The molecule has 122 valence electrons. The summed E-state index contributed by atoms with van der Waals surface area (Å²) in [5.41, 5.74) is 1.59. The van der Waals surface area contributed by atoms with E-state index < -0.39 is 5.60 Å². The Kier molecular flexibility index (Phi) is 5.06. The number of nitrogens with one attached hydrogen (secondary N) is 2. The number of ether oxygens (including phenoxy) is 1. The topological polar surface area (TPSA) is 50.4 Å². The van der Waals surface area contributed by atoms with Gasteiger partial charge in [0.25, 0.3) is 0 Å². The number of benzene rings is 1. The van der Waals surface area contributed by atoms with Gasteiger partial charge in [0, 0.05) is 18.6 Å². The molecule has 1 aliphatic rings. The second kappa shape index (κ2) is 6.65. The third kappa shape index (κ3) is 4.98. The number of hydrogen-bond acceptors (Lipinski definition) is 3. The molecule has 0 unspecified atom stereocenters. The van der Waals surface area contributed by atoms with E-state index in [1.165, 1.54) is 6.07 Å². The molecule has 22 heavy (non-hydrogen) atoms. The van der Waals surface area contributed by atoms with Crippen molar-refractivity contribution in [3.63, 3.8) is 0 Å². The summed E-state index contributed by atoms with van der Waals surface area (Å²) in [6.07, 6.45) is 1.42. The lowest BCUT2D eigenvalue weighted by molar-refractivity contribution is 0.0465. The average Bonchev–Trinajstić information content (AvgIpc) is 2.31. The van der Waals surface area contributed by atoms with Crippen LogP contribution in [0.5, 0.6) is 0 Å². The molecule has 0 spiro atoms. The van der Waals surface area contributed by atoms with Crippen LogP contribution in [0, 0.1) is 12.7 Å². The summed E-state index contributed by atoms with van der Waals surface area (Å²) in [5.74, 6) is -0.202. The number of halogens is 1. The van der Waals surface area contributed by atoms with E-state index >= 15 is 0 Å². The molecule has 0 heterocycles. The first-order valence-electron chi connectivity index (χ1n) is 7.71. The van der Waals surface area contributed by atoms with Crippen molar-refractivity contribution in [1.29, 1.82) is 0 Å². The molecule has 1 amide bonds. The molecule has 2 N–H and O–H groups in total. The average molecular weight is 308 g/mol. The molecule has 0 bridgehead atoms. The molecule has 1 aromatic rings. The Morgan fingerprint density at radius 1 is 1.32 bits per heavy atom. The number of hydrogen-bond donors (Lipinski definition) is 2. The molecule has 0 atom stereocenters. The van der Waals surface area contributed by atoms with E-state index in [1.54, 1.807) is 6.07 Å². The maximum absolute atomic E-state index is 13.0. The van der Waals surface area contributed by atoms with E-state index in [0.29, 0.717) is 6.04 Å². The van der Waals surface area contributed by atoms with Crippen molar-refractivity contribution >= 4 is 6.09 Å². The first-order valence-corrected chi connectivity index (χ1v) is 7.71. The van der Waals surface area contributed by atoms with Gasteiger partial charge in [-0.1, -0.05) is 6.07 Å². The first-order chi connectivity index (χ1) is 10.2. The Hall–Kier alpha value is -1.62. The minimum absolute atomic E-state index is 0.168. The minimum atomic E-state index is -0.467. The largest absolute Gasteiger partial charge is 0.444 e. The standard InChI is InChI=1S/C17H25FN2O2/c1-11-7-13(18)6-5-12(11)10-19-14-8-15(9-14)20-16(21)22-17(2,3)4/h5-7,14-15,19H,8-10H2,1-4H3,(H,20,21). The van der Waals surface area contributed by atoms with Gasteiger partial charge in [0.15, 0.2) is 0 Å². The van der Waals surface area contributed by atoms with Crippen LogP contribution in [0.2, 0.25) is 0 Å². The maximum atomic E-state index is 13.0. The summed E-state index contributed by atoms with van der Waals surface area (Å²) in [5, 5.41) is 6.30. The van der Waals surface area contributed by atoms with E-state index in [0.717, 1.165) is 30.5 Å². The van der Waals surface area contributed by atoms with Crippen LogP contribution < -0.4 is 10.6 Å². The monoisotopic (exact) mass is 308 g/mol. The van der Waals surface area contributed by atoms with E-state index in [2.05, 4.69) is 10.6 Å². The lowest BCUT2D eigenvalue weighted by Gasteiger charge is -2.37. The number of alkyl carbamates (subject to hydrolysis) is 1. The number of rotatable bonds is 4.